The molecule has 134 valence electrons. The normalized spacial score (nSPS) is 22.0. The molecule has 1 aromatic rings. The molecule has 3 heterocycles. The van der Waals surface area contributed by atoms with Crippen molar-refractivity contribution in [3.05, 3.63) is 23.8 Å². The maximum absolute atomic E-state index is 5.47. The van der Waals surface area contributed by atoms with E-state index in [4.69, 9.17) is 4.74 Å². The first kappa shape index (κ1) is 17.8. The van der Waals surface area contributed by atoms with Gasteiger partial charge in [-0.25, -0.2) is 9.97 Å². The average molecular weight is 332 g/mol. The summed E-state index contributed by atoms with van der Waals surface area (Å²) in [5, 5.41) is 0. The molecule has 3 rings (SSSR count). The SMILES string of the molecule is Cc1cncnc1C1CCN(CC(C)(C)CN2CCOCC2)CC1. The smallest absolute Gasteiger partial charge is 0.115 e. The molecule has 0 radical (unpaired) electrons. The van der Waals surface area contributed by atoms with Crippen LogP contribution in [-0.2, 0) is 4.74 Å². The van der Waals surface area contributed by atoms with Crippen molar-refractivity contribution in [2.75, 3.05) is 52.5 Å². The Balaban J connectivity index is 1.48. The Morgan fingerprint density at radius 3 is 2.33 bits per heavy atom. The molecule has 0 aromatic carbocycles. The fourth-order valence-corrected chi connectivity index (χ4v) is 4.22. The second-order valence-corrected chi connectivity index (χ2v) is 8.19. The van der Waals surface area contributed by atoms with Crippen LogP contribution in [0.25, 0.3) is 0 Å². The van der Waals surface area contributed by atoms with Crippen molar-refractivity contribution in [3.63, 3.8) is 0 Å². The van der Waals surface area contributed by atoms with E-state index in [-0.39, 0.29) is 0 Å². The van der Waals surface area contributed by atoms with Gasteiger partial charge >= 0.3 is 0 Å². The molecule has 1 aromatic heterocycles. The summed E-state index contributed by atoms with van der Waals surface area (Å²) in [7, 11) is 0. The largest absolute Gasteiger partial charge is 0.379 e. The lowest BCUT2D eigenvalue weighted by atomic mass is 9.87. The minimum atomic E-state index is 0.328. The lowest BCUT2D eigenvalue weighted by Crippen LogP contribution is -2.47. The van der Waals surface area contributed by atoms with E-state index in [0.29, 0.717) is 11.3 Å². The average Bonchev–Trinajstić information content (AvgIpc) is 2.56. The molecular formula is C19H32N4O. The molecule has 0 spiro atoms. The Bertz CT molecular complexity index is 520. The van der Waals surface area contributed by atoms with Gasteiger partial charge < -0.3 is 9.64 Å². The van der Waals surface area contributed by atoms with Crippen molar-refractivity contribution in [1.29, 1.82) is 0 Å². The molecule has 0 aliphatic carbocycles. The fourth-order valence-electron chi connectivity index (χ4n) is 4.22. The second kappa shape index (κ2) is 7.89. The summed E-state index contributed by atoms with van der Waals surface area (Å²) in [6.45, 7) is 15.6. The molecule has 24 heavy (non-hydrogen) atoms. The van der Waals surface area contributed by atoms with Crippen molar-refractivity contribution < 1.29 is 4.74 Å². The van der Waals surface area contributed by atoms with E-state index in [1.165, 1.54) is 50.3 Å². The number of hydrogen-bond acceptors (Lipinski definition) is 5. The summed E-state index contributed by atoms with van der Waals surface area (Å²) in [5.74, 6) is 0.603. The van der Waals surface area contributed by atoms with Gasteiger partial charge in [0.05, 0.1) is 13.2 Å². The highest BCUT2D eigenvalue weighted by molar-refractivity contribution is 5.18. The van der Waals surface area contributed by atoms with Gasteiger partial charge in [0.25, 0.3) is 0 Å². The number of hydrogen-bond donors (Lipinski definition) is 0. The van der Waals surface area contributed by atoms with Crippen molar-refractivity contribution in [2.45, 2.75) is 39.5 Å². The van der Waals surface area contributed by atoms with Crippen molar-refractivity contribution >= 4 is 0 Å². The first-order valence-corrected chi connectivity index (χ1v) is 9.32. The maximum atomic E-state index is 5.47. The van der Waals surface area contributed by atoms with Crippen molar-refractivity contribution in [3.8, 4) is 0 Å². The summed E-state index contributed by atoms with van der Waals surface area (Å²) < 4.78 is 5.47. The first-order valence-electron chi connectivity index (χ1n) is 9.32. The highest BCUT2D eigenvalue weighted by Crippen LogP contribution is 2.30. The van der Waals surface area contributed by atoms with E-state index in [9.17, 15) is 0 Å². The molecule has 0 unspecified atom stereocenters. The van der Waals surface area contributed by atoms with Crippen LogP contribution in [0.4, 0.5) is 0 Å². The molecule has 2 aliphatic heterocycles. The fraction of sp³-hybridized carbons (Fsp3) is 0.789. The standard InChI is InChI=1S/C19H32N4O/c1-16-12-20-15-21-18(16)17-4-6-22(7-5-17)13-19(2,3)14-23-8-10-24-11-9-23/h12,15,17H,4-11,13-14H2,1-3H3. The van der Waals surface area contributed by atoms with Crippen LogP contribution in [-0.4, -0.2) is 72.3 Å². The molecular weight excluding hydrogens is 300 g/mol. The van der Waals surface area contributed by atoms with Crippen LogP contribution in [0.15, 0.2) is 12.5 Å². The van der Waals surface area contributed by atoms with Gasteiger partial charge in [-0.1, -0.05) is 13.8 Å². The maximum Gasteiger partial charge on any atom is 0.115 e. The van der Waals surface area contributed by atoms with Crippen LogP contribution >= 0.6 is 0 Å². The third kappa shape index (κ3) is 4.74. The summed E-state index contributed by atoms with van der Waals surface area (Å²) in [6, 6.07) is 0. The summed E-state index contributed by atoms with van der Waals surface area (Å²) in [5.41, 5.74) is 2.83. The van der Waals surface area contributed by atoms with Crippen LogP contribution in [0.5, 0.6) is 0 Å². The van der Waals surface area contributed by atoms with Gasteiger partial charge in [0, 0.05) is 44.0 Å². The minimum absolute atomic E-state index is 0.328. The van der Waals surface area contributed by atoms with Crippen LogP contribution in [0.3, 0.4) is 0 Å². The topological polar surface area (TPSA) is 41.5 Å². The highest BCUT2D eigenvalue weighted by Gasteiger charge is 2.29. The van der Waals surface area contributed by atoms with E-state index in [1.54, 1.807) is 6.33 Å². The van der Waals surface area contributed by atoms with Gasteiger partial charge in [-0.2, -0.15) is 0 Å². The number of rotatable bonds is 5. The number of piperidine rings is 1. The molecule has 0 amide bonds. The summed E-state index contributed by atoms with van der Waals surface area (Å²) in [6.07, 6.45) is 6.07. The van der Waals surface area contributed by atoms with Gasteiger partial charge in [-0.3, -0.25) is 4.90 Å². The van der Waals surface area contributed by atoms with E-state index >= 15 is 0 Å². The number of morpholine rings is 1. The Kier molecular flexibility index (Phi) is 5.85. The number of likely N-dealkylation sites (tertiary alicyclic amines) is 1. The third-order valence-corrected chi connectivity index (χ3v) is 5.32. The lowest BCUT2D eigenvalue weighted by Gasteiger charge is -2.40. The molecule has 5 heteroatoms. The monoisotopic (exact) mass is 332 g/mol. The predicted molar refractivity (Wildman–Crippen MR) is 96.2 cm³/mol. The molecule has 2 saturated heterocycles. The number of ether oxygens (including phenoxy) is 1. The van der Waals surface area contributed by atoms with Gasteiger partial charge in [-0.15, -0.1) is 0 Å². The van der Waals surface area contributed by atoms with Crippen LogP contribution in [0, 0.1) is 12.3 Å². The number of nitrogens with zero attached hydrogens (tertiary/aromatic N) is 4. The van der Waals surface area contributed by atoms with Gasteiger partial charge in [0.1, 0.15) is 6.33 Å². The lowest BCUT2D eigenvalue weighted by molar-refractivity contribution is 0.0134. The number of aromatic nitrogens is 2. The van der Waals surface area contributed by atoms with E-state index in [2.05, 4.69) is 40.5 Å². The van der Waals surface area contributed by atoms with Crippen LogP contribution in [0.2, 0.25) is 0 Å². The van der Waals surface area contributed by atoms with Crippen LogP contribution < -0.4 is 0 Å². The van der Waals surface area contributed by atoms with E-state index < -0.39 is 0 Å². The van der Waals surface area contributed by atoms with E-state index in [1.807, 2.05) is 6.20 Å². The zero-order valence-electron chi connectivity index (χ0n) is 15.5. The highest BCUT2D eigenvalue weighted by atomic mass is 16.5. The Morgan fingerprint density at radius 1 is 1.08 bits per heavy atom. The van der Waals surface area contributed by atoms with Crippen LogP contribution in [0.1, 0.15) is 43.9 Å². The summed E-state index contributed by atoms with van der Waals surface area (Å²) >= 11 is 0. The molecule has 2 aliphatic rings. The molecule has 0 saturated carbocycles. The minimum Gasteiger partial charge on any atom is -0.379 e. The third-order valence-electron chi connectivity index (χ3n) is 5.32. The first-order chi connectivity index (χ1) is 11.5. The quantitative estimate of drug-likeness (QED) is 0.828. The van der Waals surface area contributed by atoms with E-state index in [0.717, 1.165) is 26.3 Å². The molecule has 2 fully saturated rings. The van der Waals surface area contributed by atoms with Gasteiger partial charge in [0.2, 0.25) is 0 Å². The predicted octanol–water partition coefficient (Wildman–Crippen LogP) is 2.32. The Labute approximate surface area is 146 Å². The molecule has 5 nitrogen and oxygen atoms in total. The molecule has 0 atom stereocenters. The van der Waals surface area contributed by atoms with Gasteiger partial charge in [0.15, 0.2) is 0 Å². The summed E-state index contributed by atoms with van der Waals surface area (Å²) in [4.78, 5) is 13.9. The Hall–Kier alpha value is -1.04. The molecule has 0 N–H and O–H groups in total. The zero-order valence-corrected chi connectivity index (χ0v) is 15.5. The number of aryl methyl sites for hydroxylation is 1. The van der Waals surface area contributed by atoms with Crippen molar-refractivity contribution in [1.82, 2.24) is 19.8 Å². The Morgan fingerprint density at radius 2 is 1.71 bits per heavy atom. The molecule has 0 bridgehead atoms. The van der Waals surface area contributed by atoms with Gasteiger partial charge in [-0.05, 0) is 43.8 Å². The second-order valence-electron chi connectivity index (χ2n) is 8.19. The van der Waals surface area contributed by atoms with Crippen molar-refractivity contribution in [2.24, 2.45) is 5.41 Å². The zero-order chi connectivity index (χ0) is 17.0.